The zero-order valence-electron chi connectivity index (χ0n) is 14.3. The fourth-order valence-electron chi connectivity index (χ4n) is 3.32. The molecule has 1 atom stereocenters. The molecule has 24 heavy (non-hydrogen) atoms. The van der Waals surface area contributed by atoms with Crippen LogP contribution in [-0.4, -0.2) is 42.4 Å². The van der Waals surface area contributed by atoms with Crippen LogP contribution in [0.3, 0.4) is 0 Å². The third kappa shape index (κ3) is 3.57. The van der Waals surface area contributed by atoms with Crippen molar-refractivity contribution in [1.82, 2.24) is 9.88 Å². The van der Waals surface area contributed by atoms with Gasteiger partial charge in [-0.05, 0) is 25.5 Å². The fraction of sp³-hybridized carbons (Fsp3) is 0.368. The van der Waals surface area contributed by atoms with Gasteiger partial charge in [-0.3, -0.25) is 9.59 Å². The molecule has 2 heterocycles. The average Bonchev–Trinajstić information content (AvgIpc) is 2.84. The summed E-state index contributed by atoms with van der Waals surface area (Å²) in [6, 6.07) is 12.2. The molecule has 2 aromatic rings. The van der Waals surface area contributed by atoms with Gasteiger partial charge in [-0.25, -0.2) is 0 Å². The Hall–Kier alpha value is -2.40. The molecular formula is C19H24N3O2+. The minimum Gasteiger partial charge on any atom is -0.346 e. The SMILES string of the molecule is Cc1cc(C(=O)C[NH+]2CCNC(=O)C2)c(C)n1Cc1ccccc1. The van der Waals surface area contributed by atoms with Crippen molar-refractivity contribution in [3.05, 3.63) is 58.9 Å². The van der Waals surface area contributed by atoms with Gasteiger partial charge in [-0.1, -0.05) is 30.3 Å². The maximum Gasteiger partial charge on any atom is 0.275 e. The van der Waals surface area contributed by atoms with Crippen LogP contribution >= 0.6 is 0 Å². The molecule has 1 amide bonds. The molecule has 1 aromatic heterocycles. The maximum atomic E-state index is 12.7. The summed E-state index contributed by atoms with van der Waals surface area (Å²) in [5.41, 5.74) is 4.09. The fourth-order valence-corrected chi connectivity index (χ4v) is 3.32. The summed E-state index contributed by atoms with van der Waals surface area (Å²) >= 11 is 0. The number of aromatic nitrogens is 1. The van der Waals surface area contributed by atoms with E-state index >= 15 is 0 Å². The van der Waals surface area contributed by atoms with Crippen molar-refractivity contribution in [3.8, 4) is 0 Å². The van der Waals surface area contributed by atoms with Gasteiger partial charge in [0.2, 0.25) is 5.78 Å². The number of rotatable bonds is 5. The summed E-state index contributed by atoms with van der Waals surface area (Å²) in [6.07, 6.45) is 0. The van der Waals surface area contributed by atoms with E-state index in [0.29, 0.717) is 19.6 Å². The Labute approximate surface area is 142 Å². The lowest BCUT2D eigenvalue weighted by molar-refractivity contribution is -0.884. The number of nitrogens with one attached hydrogen (secondary N) is 2. The summed E-state index contributed by atoms with van der Waals surface area (Å²) in [6.45, 7) is 7.02. The van der Waals surface area contributed by atoms with Crippen molar-refractivity contribution in [2.45, 2.75) is 20.4 Å². The summed E-state index contributed by atoms with van der Waals surface area (Å²) in [5, 5.41) is 2.80. The van der Waals surface area contributed by atoms with Crippen LogP contribution in [0.5, 0.6) is 0 Å². The Bertz CT molecular complexity index is 749. The number of hydrogen-bond donors (Lipinski definition) is 2. The van der Waals surface area contributed by atoms with Crippen molar-refractivity contribution >= 4 is 11.7 Å². The van der Waals surface area contributed by atoms with Gasteiger partial charge >= 0.3 is 0 Å². The van der Waals surface area contributed by atoms with E-state index < -0.39 is 0 Å². The van der Waals surface area contributed by atoms with Crippen LogP contribution in [0.25, 0.3) is 0 Å². The second-order valence-corrected chi connectivity index (χ2v) is 6.48. The minimum absolute atomic E-state index is 0.0265. The number of amides is 1. The number of carbonyl (C=O) groups excluding carboxylic acids is 2. The quantitative estimate of drug-likeness (QED) is 0.779. The van der Waals surface area contributed by atoms with Gasteiger partial charge in [0.15, 0.2) is 6.54 Å². The Morgan fingerprint density at radius 2 is 2.00 bits per heavy atom. The normalized spacial score (nSPS) is 17.6. The van der Waals surface area contributed by atoms with E-state index in [1.54, 1.807) is 0 Å². The van der Waals surface area contributed by atoms with E-state index in [1.165, 1.54) is 5.56 Å². The molecule has 0 radical (unpaired) electrons. The highest BCUT2D eigenvalue weighted by Crippen LogP contribution is 2.17. The summed E-state index contributed by atoms with van der Waals surface area (Å²) in [4.78, 5) is 25.2. The third-order valence-corrected chi connectivity index (χ3v) is 4.68. The Morgan fingerprint density at radius 1 is 1.25 bits per heavy atom. The first kappa shape index (κ1) is 16.5. The van der Waals surface area contributed by atoms with Crippen LogP contribution in [0.2, 0.25) is 0 Å². The van der Waals surface area contributed by atoms with Gasteiger partial charge < -0.3 is 14.8 Å². The van der Waals surface area contributed by atoms with Crippen LogP contribution in [-0.2, 0) is 11.3 Å². The van der Waals surface area contributed by atoms with Gasteiger partial charge in [0.05, 0.1) is 13.1 Å². The molecule has 1 fully saturated rings. The Morgan fingerprint density at radius 3 is 2.71 bits per heavy atom. The van der Waals surface area contributed by atoms with Gasteiger partial charge in [0.25, 0.3) is 5.91 Å². The van der Waals surface area contributed by atoms with E-state index in [4.69, 9.17) is 0 Å². The van der Waals surface area contributed by atoms with Crippen molar-refractivity contribution in [2.24, 2.45) is 0 Å². The highest BCUT2D eigenvalue weighted by Gasteiger charge is 2.25. The third-order valence-electron chi connectivity index (χ3n) is 4.68. The van der Waals surface area contributed by atoms with Gasteiger partial charge in [0.1, 0.15) is 6.54 Å². The number of quaternary nitrogens is 1. The molecule has 5 heteroatoms. The Balaban J connectivity index is 1.75. The highest BCUT2D eigenvalue weighted by atomic mass is 16.2. The molecular weight excluding hydrogens is 302 g/mol. The lowest BCUT2D eigenvalue weighted by atomic mass is 10.1. The zero-order valence-corrected chi connectivity index (χ0v) is 14.3. The molecule has 1 aliphatic rings. The number of nitrogens with zero attached hydrogens (tertiary/aromatic N) is 1. The first-order valence-electron chi connectivity index (χ1n) is 8.38. The summed E-state index contributed by atoms with van der Waals surface area (Å²) < 4.78 is 2.18. The molecule has 5 nitrogen and oxygen atoms in total. The summed E-state index contributed by atoms with van der Waals surface area (Å²) in [7, 11) is 0. The van der Waals surface area contributed by atoms with Crippen LogP contribution in [0, 0.1) is 13.8 Å². The number of aryl methyl sites for hydroxylation is 1. The molecule has 0 aliphatic carbocycles. The highest BCUT2D eigenvalue weighted by molar-refractivity contribution is 5.98. The topological polar surface area (TPSA) is 55.5 Å². The van der Waals surface area contributed by atoms with Crippen molar-refractivity contribution in [1.29, 1.82) is 0 Å². The number of benzene rings is 1. The molecule has 0 saturated carbocycles. The van der Waals surface area contributed by atoms with Crippen LogP contribution in [0.4, 0.5) is 0 Å². The molecule has 1 aromatic carbocycles. The smallest absolute Gasteiger partial charge is 0.275 e. The number of piperazine rings is 1. The standard InChI is InChI=1S/C19H23N3O2/c1-14-10-17(18(23)12-21-9-8-20-19(24)13-21)15(2)22(14)11-16-6-4-3-5-7-16/h3-7,10H,8-9,11-13H2,1-2H3,(H,20,24)/p+1. The lowest BCUT2D eigenvalue weighted by Crippen LogP contribution is -3.16. The lowest BCUT2D eigenvalue weighted by Gasteiger charge is -2.22. The van der Waals surface area contributed by atoms with Gasteiger partial charge in [-0.2, -0.15) is 0 Å². The van der Waals surface area contributed by atoms with Crippen molar-refractivity contribution < 1.29 is 14.5 Å². The zero-order chi connectivity index (χ0) is 17.1. The summed E-state index contributed by atoms with van der Waals surface area (Å²) in [5.74, 6) is 0.144. The molecule has 0 spiro atoms. The monoisotopic (exact) mass is 326 g/mol. The van der Waals surface area contributed by atoms with E-state index in [-0.39, 0.29) is 11.7 Å². The first-order valence-corrected chi connectivity index (χ1v) is 8.38. The molecule has 1 unspecified atom stereocenters. The van der Waals surface area contributed by atoms with Crippen LogP contribution in [0.1, 0.15) is 27.3 Å². The second-order valence-electron chi connectivity index (χ2n) is 6.48. The molecule has 1 saturated heterocycles. The number of hydrogen-bond acceptors (Lipinski definition) is 2. The Kier molecular flexibility index (Phi) is 4.81. The van der Waals surface area contributed by atoms with Gasteiger partial charge in [0, 0.05) is 23.5 Å². The van der Waals surface area contributed by atoms with Crippen molar-refractivity contribution in [2.75, 3.05) is 26.2 Å². The second kappa shape index (κ2) is 7.01. The van der Waals surface area contributed by atoms with E-state index in [1.807, 2.05) is 38.1 Å². The van der Waals surface area contributed by atoms with E-state index in [0.717, 1.165) is 34.9 Å². The number of Topliss-reactive ketones (excluding diaryl/α,β-unsaturated/α-hetero) is 1. The van der Waals surface area contributed by atoms with Crippen LogP contribution in [0.15, 0.2) is 36.4 Å². The predicted molar refractivity (Wildman–Crippen MR) is 92.4 cm³/mol. The minimum atomic E-state index is 0.0265. The first-order chi connectivity index (χ1) is 11.5. The number of ketones is 1. The number of carbonyl (C=O) groups is 2. The van der Waals surface area contributed by atoms with Crippen LogP contribution < -0.4 is 10.2 Å². The van der Waals surface area contributed by atoms with Crippen molar-refractivity contribution in [3.63, 3.8) is 0 Å². The van der Waals surface area contributed by atoms with E-state index in [9.17, 15) is 9.59 Å². The largest absolute Gasteiger partial charge is 0.346 e. The molecule has 2 N–H and O–H groups in total. The van der Waals surface area contributed by atoms with E-state index in [2.05, 4.69) is 22.0 Å². The predicted octanol–water partition coefficient (Wildman–Crippen LogP) is 0.351. The average molecular weight is 326 g/mol. The maximum absolute atomic E-state index is 12.7. The molecule has 1 aliphatic heterocycles. The molecule has 3 rings (SSSR count). The van der Waals surface area contributed by atoms with Gasteiger partial charge in [-0.15, -0.1) is 0 Å². The molecule has 126 valence electrons. The molecule has 0 bridgehead atoms.